The maximum absolute atomic E-state index is 13.4. The Morgan fingerprint density at radius 1 is 1.50 bits per heavy atom. The number of aromatic nitrogens is 1. The van der Waals surface area contributed by atoms with Crippen LogP contribution >= 0.6 is 11.6 Å². The molecule has 1 aromatic heterocycles. The first-order chi connectivity index (χ1) is 9.61. The molecule has 1 aromatic carbocycles. The molecule has 2 aromatic rings. The fraction of sp³-hybridized carbons (Fsp3) is 0.0714. The number of rotatable bonds is 3. The van der Waals surface area contributed by atoms with Crippen molar-refractivity contribution in [3.8, 4) is 0 Å². The van der Waals surface area contributed by atoms with Crippen LogP contribution in [0.5, 0.6) is 0 Å². The van der Waals surface area contributed by atoms with Crippen LogP contribution in [0.1, 0.15) is 15.9 Å². The predicted octanol–water partition coefficient (Wildman–Crippen LogP) is 2.98. The fourth-order valence-corrected chi connectivity index (χ4v) is 1.71. The van der Waals surface area contributed by atoms with Crippen LogP contribution in [0, 0.1) is 5.82 Å². The van der Waals surface area contributed by atoms with E-state index in [1.165, 1.54) is 19.3 Å². The molecule has 1 N–H and O–H groups in total. The molecule has 6 heteroatoms. The molecule has 2 rings (SSSR count). The lowest BCUT2D eigenvalue weighted by Gasteiger charge is -2.05. The quantitative estimate of drug-likeness (QED) is 0.884. The van der Waals surface area contributed by atoms with Crippen molar-refractivity contribution < 1.29 is 9.18 Å². The number of hydrogen-bond acceptors (Lipinski definition) is 3. The smallest absolute Gasteiger partial charge is 0.253 e. The van der Waals surface area contributed by atoms with E-state index < -0.39 is 11.7 Å². The van der Waals surface area contributed by atoms with Crippen molar-refractivity contribution >= 4 is 29.4 Å². The number of halogens is 2. The van der Waals surface area contributed by atoms with Gasteiger partial charge in [0.1, 0.15) is 5.82 Å². The van der Waals surface area contributed by atoms with Gasteiger partial charge in [-0.25, -0.2) is 4.39 Å². The number of hydrogen-bond donors (Lipinski definition) is 1. The Bertz CT molecular complexity index is 659. The van der Waals surface area contributed by atoms with E-state index in [1.807, 2.05) is 0 Å². The lowest BCUT2D eigenvalue weighted by Crippen LogP contribution is -2.18. The number of aliphatic imine (C=N–C) groups is 1. The average Bonchev–Trinajstić information content (AvgIpc) is 2.48. The van der Waals surface area contributed by atoms with Crippen LogP contribution in [0.2, 0.25) is 5.02 Å². The van der Waals surface area contributed by atoms with Crippen LogP contribution in [0.25, 0.3) is 0 Å². The van der Waals surface area contributed by atoms with Gasteiger partial charge in [0.2, 0.25) is 0 Å². The highest BCUT2D eigenvalue weighted by molar-refractivity contribution is 6.31. The zero-order chi connectivity index (χ0) is 14.5. The standard InChI is InChI=1S/C14H11ClFN3O/c1-17-14(20)10-5-12(16)11(15)6-13(10)19-8-9-3-2-4-18-7-9/h2-8H,1H3,(H,17,20). The zero-order valence-electron chi connectivity index (χ0n) is 10.6. The number of amides is 1. The molecule has 0 atom stereocenters. The van der Waals surface area contributed by atoms with Gasteiger partial charge in [0.05, 0.1) is 16.3 Å². The number of carbonyl (C=O) groups is 1. The van der Waals surface area contributed by atoms with Crippen LogP contribution in [-0.2, 0) is 0 Å². The van der Waals surface area contributed by atoms with E-state index in [0.29, 0.717) is 5.69 Å². The topological polar surface area (TPSA) is 54.4 Å². The van der Waals surface area contributed by atoms with Crippen molar-refractivity contribution in [2.24, 2.45) is 4.99 Å². The second-order valence-electron chi connectivity index (χ2n) is 3.91. The molecule has 0 saturated heterocycles. The molecular formula is C14H11ClFN3O. The number of carbonyl (C=O) groups excluding carboxylic acids is 1. The summed E-state index contributed by atoms with van der Waals surface area (Å²) in [7, 11) is 1.46. The zero-order valence-corrected chi connectivity index (χ0v) is 11.4. The summed E-state index contributed by atoms with van der Waals surface area (Å²) in [5, 5.41) is 2.34. The van der Waals surface area contributed by atoms with E-state index in [-0.39, 0.29) is 10.6 Å². The van der Waals surface area contributed by atoms with Crippen molar-refractivity contribution in [2.75, 3.05) is 7.05 Å². The first kappa shape index (κ1) is 14.1. The molecule has 0 aliphatic rings. The Kier molecular flexibility index (Phi) is 4.42. The second kappa shape index (κ2) is 6.25. The van der Waals surface area contributed by atoms with E-state index >= 15 is 0 Å². The lowest BCUT2D eigenvalue weighted by atomic mass is 10.1. The fourth-order valence-electron chi connectivity index (χ4n) is 1.56. The van der Waals surface area contributed by atoms with Gasteiger partial charge in [0.25, 0.3) is 5.91 Å². The molecule has 0 fully saturated rings. The average molecular weight is 292 g/mol. The predicted molar refractivity (Wildman–Crippen MR) is 76.3 cm³/mol. The van der Waals surface area contributed by atoms with Crippen LogP contribution in [0.4, 0.5) is 10.1 Å². The van der Waals surface area contributed by atoms with E-state index in [9.17, 15) is 9.18 Å². The van der Waals surface area contributed by atoms with Gasteiger partial charge in [-0.1, -0.05) is 17.7 Å². The maximum Gasteiger partial charge on any atom is 0.253 e. The molecule has 0 saturated carbocycles. The van der Waals surface area contributed by atoms with E-state index in [0.717, 1.165) is 11.6 Å². The minimum absolute atomic E-state index is 0.0870. The molecule has 0 unspecified atom stereocenters. The third kappa shape index (κ3) is 3.19. The number of pyridine rings is 1. The Labute approximate surface area is 120 Å². The van der Waals surface area contributed by atoms with Gasteiger partial charge in [-0.15, -0.1) is 0 Å². The third-order valence-corrected chi connectivity index (χ3v) is 2.84. The van der Waals surface area contributed by atoms with Crippen molar-refractivity contribution in [1.29, 1.82) is 0 Å². The monoisotopic (exact) mass is 291 g/mol. The summed E-state index contributed by atoms with van der Waals surface area (Å²) < 4.78 is 13.4. The molecule has 0 bridgehead atoms. The molecule has 20 heavy (non-hydrogen) atoms. The van der Waals surface area contributed by atoms with Gasteiger partial charge < -0.3 is 5.32 Å². The Balaban J connectivity index is 2.42. The summed E-state index contributed by atoms with van der Waals surface area (Å²) >= 11 is 5.72. The molecule has 0 aliphatic heterocycles. The summed E-state index contributed by atoms with van der Waals surface area (Å²) in [6, 6.07) is 5.95. The minimum atomic E-state index is -0.661. The van der Waals surface area contributed by atoms with Crippen molar-refractivity contribution in [3.05, 3.63) is 58.6 Å². The third-order valence-electron chi connectivity index (χ3n) is 2.55. The van der Waals surface area contributed by atoms with Crippen molar-refractivity contribution in [2.45, 2.75) is 0 Å². The number of nitrogens with one attached hydrogen (secondary N) is 1. The highest BCUT2D eigenvalue weighted by Gasteiger charge is 2.13. The SMILES string of the molecule is CNC(=O)c1cc(F)c(Cl)cc1N=Cc1cccnc1. The summed E-state index contributed by atoms with van der Waals surface area (Å²) in [6.45, 7) is 0. The Hall–Kier alpha value is -2.27. The number of benzene rings is 1. The van der Waals surface area contributed by atoms with Gasteiger partial charge in [0, 0.05) is 31.2 Å². The largest absolute Gasteiger partial charge is 0.355 e. The van der Waals surface area contributed by atoms with Crippen LogP contribution < -0.4 is 5.32 Å². The maximum atomic E-state index is 13.4. The Morgan fingerprint density at radius 2 is 2.30 bits per heavy atom. The summed E-state index contributed by atoms with van der Waals surface area (Å²) in [5.41, 5.74) is 1.17. The van der Waals surface area contributed by atoms with E-state index in [1.54, 1.807) is 24.5 Å². The molecule has 1 amide bonds. The molecule has 0 radical (unpaired) electrons. The highest BCUT2D eigenvalue weighted by Crippen LogP contribution is 2.26. The van der Waals surface area contributed by atoms with Gasteiger partial charge in [-0.2, -0.15) is 0 Å². The van der Waals surface area contributed by atoms with Crippen LogP contribution in [0.3, 0.4) is 0 Å². The van der Waals surface area contributed by atoms with Gasteiger partial charge in [-0.3, -0.25) is 14.8 Å². The molecule has 102 valence electrons. The van der Waals surface area contributed by atoms with Crippen molar-refractivity contribution in [3.63, 3.8) is 0 Å². The van der Waals surface area contributed by atoms with Gasteiger partial charge in [-0.05, 0) is 18.2 Å². The van der Waals surface area contributed by atoms with Crippen LogP contribution in [0.15, 0.2) is 41.7 Å². The molecule has 1 heterocycles. The van der Waals surface area contributed by atoms with E-state index in [4.69, 9.17) is 11.6 Å². The second-order valence-corrected chi connectivity index (χ2v) is 4.31. The Morgan fingerprint density at radius 3 is 2.95 bits per heavy atom. The summed E-state index contributed by atoms with van der Waals surface area (Å²) in [6.07, 6.45) is 4.79. The lowest BCUT2D eigenvalue weighted by molar-refractivity contribution is 0.0963. The molecule has 4 nitrogen and oxygen atoms in total. The van der Waals surface area contributed by atoms with Crippen LogP contribution in [-0.4, -0.2) is 24.2 Å². The molecular weight excluding hydrogens is 281 g/mol. The normalized spacial score (nSPS) is 10.8. The summed E-state index contributed by atoms with van der Waals surface area (Å²) in [4.78, 5) is 19.8. The highest BCUT2D eigenvalue weighted by atomic mass is 35.5. The first-order valence-corrected chi connectivity index (χ1v) is 6.15. The minimum Gasteiger partial charge on any atom is -0.355 e. The first-order valence-electron chi connectivity index (χ1n) is 5.77. The molecule has 0 aliphatic carbocycles. The van der Waals surface area contributed by atoms with Gasteiger partial charge >= 0.3 is 0 Å². The van der Waals surface area contributed by atoms with E-state index in [2.05, 4.69) is 15.3 Å². The number of nitrogens with zero attached hydrogens (tertiary/aromatic N) is 2. The van der Waals surface area contributed by atoms with Crippen molar-refractivity contribution in [1.82, 2.24) is 10.3 Å². The molecule has 0 spiro atoms. The summed E-state index contributed by atoms with van der Waals surface area (Å²) in [5.74, 6) is -1.09. The van der Waals surface area contributed by atoms with Gasteiger partial charge in [0.15, 0.2) is 0 Å².